The van der Waals surface area contributed by atoms with Crippen molar-refractivity contribution in [3.63, 3.8) is 0 Å². The molecule has 2 aliphatic rings. The van der Waals surface area contributed by atoms with Crippen LogP contribution in [0.1, 0.15) is 25.7 Å². The Labute approximate surface area is 176 Å². The molecule has 2 aromatic rings. The number of carbonyl (C=O) groups is 1. The molecule has 2 saturated heterocycles. The maximum absolute atomic E-state index is 12.5. The highest BCUT2D eigenvalue weighted by atomic mass is 35.5. The van der Waals surface area contributed by atoms with Gasteiger partial charge in [0.05, 0.1) is 10.2 Å². The monoisotopic (exact) mass is 431 g/mol. The number of nitrogens with one attached hydrogen (secondary N) is 1. The van der Waals surface area contributed by atoms with E-state index in [2.05, 4.69) is 25.6 Å². The Kier molecular flexibility index (Phi) is 8.54. The summed E-state index contributed by atoms with van der Waals surface area (Å²) in [4.78, 5) is 25.6. The summed E-state index contributed by atoms with van der Waals surface area (Å²) in [5.74, 6) is 2.06. The minimum atomic E-state index is 0. The lowest BCUT2D eigenvalue weighted by Crippen LogP contribution is -2.49. The van der Waals surface area contributed by atoms with Crippen LogP contribution in [0, 0.1) is 5.92 Å². The van der Waals surface area contributed by atoms with Crippen LogP contribution < -0.4 is 10.2 Å². The molecule has 4 rings (SSSR count). The van der Waals surface area contributed by atoms with Crippen molar-refractivity contribution in [3.8, 4) is 0 Å². The van der Waals surface area contributed by atoms with Gasteiger partial charge in [-0.15, -0.1) is 36.2 Å². The van der Waals surface area contributed by atoms with Crippen LogP contribution in [-0.2, 0) is 4.79 Å². The lowest BCUT2D eigenvalue weighted by Gasteiger charge is -2.35. The zero-order chi connectivity index (χ0) is 17.1. The molecule has 0 unspecified atom stereocenters. The molecule has 9 heteroatoms. The van der Waals surface area contributed by atoms with E-state index in [1.165, 1.54) is 12.8 Å². The molecule has 1 amide bonds. The van der Waals surface area contributed by atoms with Gasteiger partial charge in [-0.25, -0.2) is 9.97 Å². The van der Waals surface area contributed by atoms with Crippen LogP contribution in [0.3, 0.4) is 0 Å². The predicted molar refractivity (Wildman–Crippen MR) is 116 cm³/mol. The molecule has 0 spiro atoms. The average Bonchev–Trinajstić information content (AvgIpc) is 3.16. The van der Waals surface area contributed by atoms with Crippen molar-refractivity contribution in [2.24, 2.45) is 5.92 Å². The lowest BCUT2D eigenvalue weighted by atomic mass is 9.93. The Bertz CT molecular complexity index is 729. The number of rotatable bonds is 4. The van der Waals surface area contributed by atoms with E-state index in [0.717, 1.165) is 67.6 Å². The number of aromatic nitrogens is 2. The van der Waals surface area contributed by atoms with Crippen LogP contribution in [-0.4, -0.2) is 60.0 Å². The van der Waals surface area contributed by atoms with Crippen molar-refractivity contribution in [2.45, 2.75) is 25.7 Å². The maximum atomic E-state index is 12.5. The molecule has 27 heavy (non-hydrogen) atoms. The van der Waals surface area contributed by atoms with Gasteiger partial charge in [0.2, 0.25) is 5.91 Å². The van der Waals surface area contributed by atoms with Crippen molar-refractivity contribution < 1.29 is 4.79 Å². The Morgan fingerprint density at radius 1 is 1.15 bits per heavy atom. The molecular weight excluding hydrogens is 405 g/mol. The summed E-state index contributed by atoms with van der Waals surface area (Å²) in [6.45, 7) is 5.50. The first-order valence-corrected chi connectivity index (χ1v) is 10.1. The normalized spacial score (nSPS) is 18.1. The number of piperazine rings is 1. The van der Waals surface area contributed by atoms with Gasteiger partial charge in [0.1, 0.15) is 12.1 Å². The summed E-state index contributed by atoms with van der Waals surface area (Å²) in [5.41, 5.74) is 1.01. The summed E-state index contributed by atoms with van der Waals surface area (Å²) in [7, 11) is 0. The van der Waals surface area contributed by atoms with Crippen molar-refractivity contribution in [1.29, 1.82) is 0 Å². The second-order valence-electron chi connectivity index (χ2n) is 6.93. The number of piperidine rings is 1. The number of hydrogen-bond donors (Lipinski definition) is 1. The van der Waals surface area contributed by atoms with E-state index in [4.69, 9.17) is 0 Å². The predicted octanol–water partition coefficient (Wildman–Crippen LogP) is 2.96. The van der Waals surface area contributed by atoms with Gasteiger partial charge in [-0.1, -0.05) is 0 Å². The molecule has 6 nitrogen and oxygen atoms in total. The van der Waals surface area contributed by atoms with E-state index >= 15 is 0 Å². The molecule has 0 aromatic carbocycles. The highest BCUT2D eigenvalue weighted by Crippen LogP contribution is 2.28. The first kappa shape index (κ1) is 22.1. The van der Waals surface area contributed by atoms with Gasteiger partial charge in [-0.2, -0.15) is 0 Å². The number of thiophene rings is 1. The van der Waals surface area contributed by atoms with E-state index in [9.17, 15) is 4.79 Å². The van der Waals surface area contributed by atoms with E-state index in [1.807, 2.05) is 11.0 Å². The summed E-state index contributed by atoms with van der Waals surface area (Å²) < 4.78 is 1.15. The van der Waals surface area contributed by atoms with Gasteiger partial charge in [0.25, 0.3) is 0 Å². The molecule has 2 aromatic heterocycles. The fourth-order valence-corrected chi connectivity index (χ4v) is 4.69. The summed E-state index contributed by atoms with van der Waals surface area (Å²) in [6.07, 6.45) is 5.81. The zero-order valence-electron chi connectivity index (χ0n) is 15.3. The number of amides is 1. The molecule has 0 radical (unpaired) electrons. The van der Waals surface area contributed by atoms with Crippen molar-refractivity contribution in [3.05, 3.63) is 17.8 Å². The topological polar surface area (TPSA) is 61.4 Å². The lowest BCUT2D eigenvalue weighted by molar-refractivity contribution is -0.131. The molecule has 2 aliphatic heterocycles. The molecule has 0 atom stereocenters. The van der Waals surface area contributed by atoms with E-state index in [1.54, 1.807) is 17.7 Å². The minimum absolute atomic E-state index is 0. The number of halogens is 2. The van der Waals surface area contributed by atoms with Crippen LogP contribution in [0.5, 0.6) is 0 Å². The Hall–Kier alpha value is -1.15. The Balaban J connectivity index is 0.00000131. The molecule has 0 saturated carbocycles. The molecule has 0 bridgehead atoms. The summed E-state index contributed by atoms with van der Waals surface area (Å²) in [5, 5.41) is 5.45. The van der Waals surface area contributed by atoms with E-state index < -0.39 is 0 Å². The quantitative estimate of drug-likeness (QED) is 0.805. The molecule has 0 aliphatic carbocycles. The number of hydrogen-bond acceptors (Lipinski definition) is 6. The number of anilines is 1. The van der Waals surface area contributed by atoms with Gasteiger partial charge >= 0.3 is 0 Å². The third-order valence-corrected chi connectivity index (χ3v) is 6.28. The first-order valence-electron chi connectivity index (χ1n) is 9.23. The largest absolute Gasteiger partial charge is 0.352 e. The van der Waals surface area contributed by atoms with Gasteiger partial charge in [0.15, 0.2) is 0 Å². The molecule has 4 heterocycles. The third kappa shape index (κ3) is 5.22. The van der Waals surface area contributed by atoms with Gasteiger partial charge < -0.3 is 15.1 Å². The van der Waals surface area contributed by atoms with Crippen LogP contribution >= 0.6 is 36.2 Å². The van der Waals surface area contributed by atoms with Crippen LogP contribution in [0.4, 0.5) is 5.82 Å². The summed E-state index contributed by atoms with van der Waals surface area (Å²) >= 11 is 1.69. The highest BCUT2D eigenvalue weighted by Gasteiger charge is 2.24. The van der Waals surface area contributed by atoms with Crippen molar-refractivity contribution in [2.75, 3.05) is 44.2 Å². The summed E-state index contributed by atoms with van der Waals surface area (Å²) in [6, 6.07) is 2.03. The SMILES string of the molecule is Cl.Cl.O=C(CCC1CCNCC1)N1CCN(c2ncnc3ccsc23)CC1. The van der Waals surface area contributed by atoms with Gasteiger partial charge in [0, 0.05) is 32.6 Å². The second-order valence-corrected chi connectivity index (χ2v) is 7.85. The van der Waals surface area contributed by atoms with Gasteiger partial charge in [-0.05, 0) is 49.7 Å². The average molecular weight is 432 g/mol. The molecule has 2 fully saturated rings. The fraction of sp³-hybridized carbons (Fsp3) is 0.611. The van der Waals surface area contributed by atoms with Crippen LogP contribution in [0.2, 0.25) is 0 Å². The smallest absolute Gasteiger partial charge is 0.222 e. The fourth-order valence-electron chi connectivity index (χ4n) is 3.82. The third-order valence-electron chi connectivity index (χ3n) is 5.38. The highest BCUT2D eigenvalue weighted by molar-refractivity contribution is 7.17. The molecule has 1 N–H and O–H groups in total. The van der Waals surface area contributed by atoms with Crippen LogP contribution in [0.25, 0.3) is 10.2 Å². The van der Waals surface area contributed by atoms with Crippen molar-refractivity contribution in [1.82, 2.24) is 20.2 Å². The molecular formula is C18H27Cl2N5OS. The second kappa shape index (κ2) is 10.4. The zero-order valence-corrected chi connectivity index (χ0v) is 17.8. The van der Waals surface area contributed by atoms with Crippen LogP contribution in [0.15, 0.2) is 17.8 Å². The number of nitrogens with zero attached hydrogens (tertiary/aromatic N) is 4. The molecule has 150 valence electrons. The Morgan fingerprint density at radius 2 is 1.89 bits per heavy atom. The minimum Gasteiger partial charge on any atom is -0.352 e. The van der Waals surface area contributed by atoms with E-state index in [0.29, 0.717) is 12.3 Å². The maximum Gasteiger partial charge on any atom is 0.222 e. The first-order chi connectivity index (χ1) is 12.3. The van der Waals surface area contributed by atoms with E-state index in [-0.39, 0.29) is 24.8 Å². The van der Waals surface area contributed by atoms with Crippen molar-refractivity contribution >= 4 is 58.1 Å². The standard InChI is InChI=1S/C18H25N5OS.2ClH/c24-16(2-1-14-3-6-19-7-4-14)22-8-10-23(11-9-22)18-17-15(5-12-25-17)20-13-21-18;;/h5,12-14,19H,1-4,6-11H2;2*1H. The number of carbonyl (C=O) groups excluding carboxylic acids is 1. The van der Waals surface area contributed by atoms with Gasteiger partial charge in [-0.3, -0.25) is 4.79 Å². The Morgan fingerprint density at radius 3 is 2.63 bits per heavy atom. The number of fused-ring (bicyclic) bond motifs is 1.